The van der Waals surface area contributed by atoms with Crippen molar-refractivity contribution in [2.24, 2.45) is 52.3 Å². The Morgan fingerprint density at radius 2 is 1.54 bits per heavy atom. The summed E-state index contributed by atoms with van der Waals surface area (Å²) in [5.41, 5.74) is 1.15. The average Bonchev–Trinajstić information content (AvgIpc) is 2.99. The third-order valence-corrected chi connectivity index (χ3v) is 10.8. The van der Waals surface area contributed by atoms with Gasteiger partial charge in [-0.05, 0) is 110 Å². The van der Waals surface area contributed by atoms with Crippen LogP contribution in [0, 0.1) is 52.3 Å². The summed E-state index contributed by atoms with van der Waals surface area (Å²) in [6, 6.07) is 0. The van der Waals surface area contributed by atoms with E-state index in [-0.39, 0.29) is 6.10 Å². The van der Waals surface area contributed by atoms with Gasteiger partial charge in [-0.2, -0.15) is 0 Å². The number of fused-ring (bicyclic) bond motifs is 5. The standard InChI is InChI=1S/C27H48O/c1-18(2)7-6-8-19(3)23-11-12-24-22-10-9-20-17-21(28)13-15-26(20,4)25(22)14-16-27(23,24)5/h18-25,28H,6-17H2,1-5H3/t19-,20?,21+,22?,23+,24?,25?,26-,27+/m0/s1. The lowest BCUT2D eigenvalue weighted by Gasteiger charge is -2.61. The maximum atomic E-state index is 10.3. The van der Waals surface area contributed by atoms with E-state index in [4.69, 9.17) is 0 Å². The molecule has 4 rings (SSSR count). The summed E-state index contributed by atoms with van der Waals surface area (Å²) in [7, 11) is 0. The van der Waals surface area contributed by atoms with Gasteiger partial charge in [-0.25, -0.2) is 0 Å². The van der Waals surface area contributed by atoms with E-state index in [0.717, 1.165) is 54.3 Å². The van der Waals surface area contributed by atoms with Crippen LogP contribution in [0.5, 0.6) is 0 Å². The van der Waals surface area contributed by atoms with Crippen molar-refractivity contribution >= 4 is 0 Å². The van der Waals surface area contributed by atoms with E-state index in [1.54, 1.807) is 0 Å². The Labute approximate surface area is 175 Å². The first-order valence-electron chi connectivity index (χ1n) is 12.9. The molecule has 162 valence electrons. The predicted octanol–water partition coefficient (Wildman–Crippen LogP) is 7.47. The summed E-state index contributed by atoms with van der Waals surface area (Å²) in [6.45, 7) is 12.7. The fourth-order valence-electron chi connectivity index (χ4n) is 9.26. The first kappa shape index (κ1) is 21.2. The lowest BCUT2D eigenvalue weighted by atomic mass is 9.44. The normalized spacial score (nSPS) is 49.4. The molecule has 4 fully saturated rings. The molecule has 0 aromatic carbocycles. The van der Waals surface area contributed by atoms with Crippen molar-refractivity contribution in [3.05, 3.63) is 0 Å². The lowest BCUT2D eigenvalue weighted by molar-refractivity contribution is -0.129. The Morgan fingerprint density at radius 3 is 2.29 bits per heavy atom. The van der Waals surface area contributed by atoms with Gasteiger partial charge in [0.2, 0.25) is 0 Å². The third-order valence-electron chi connectivity index (χ3n) is 10.8. The lowest BCUT2D eigenvalue weighted by Crippen LogP contribution is -2.54. The molecule has 4 aliphatic rings. The maximum Gasteiger partial charge on any atom is 0.0543 e. The van der Waals surface area contributed by atoms with Gasteiger partial charge in [-0.3, -0.25) is 0 Å². The van der Waals surface area contributed by atoms with Crippen molar-refractivity contribution in [2.75, 3.05) is 0 Å². The first-order chi connectivity index (χ1) is 13.3. The second kappa shape index (κ2) is 7.90. The number of aliphatic hydroxyl groups excluding tert-OH is 1. The van der Waals surface area contributed by atoms with E-state index in [9.17, 15) is 5.11 Å². The number of aliphatic hydroxyl groups is 1. The van der Waals surface area contributed by atoms with Crippen molar-refractivity contribution in [1.29, 1.82) is 0 Å². The minimum absolute atomic E-state index is 0.00830. The van der Waals surface area contributed by atoms with Crippen LogP contribution >= 0.6 is 0 Å². The van der Waals surface area contributed by atoms with Crippen molar-refractivity contribution < 1.29 is 5.11 Å². The summed E-state index contributed by atoms with van der Waals surface area (Å²) in [4.78, 5) is 0. The Bertz CT molecular complexity index is 540. The van der Waals surface area contributed by atoms with Crippen molar-refractivity contribution in [3.63, 3.8) is 0 Å². The topological polar surface area (TPSA) is 20.2 Å². The van der Waals surface area contributed by atoms with Crippen LogP contribution in [-0.4, -0.2) is 11.2 Å². The molecule has 0 bridgehead atoms. The molecule has 1 N–H and O–H groups in total. The molecule has 4 unspecified atom stereocenters. The molecule has 0 aromatic heterocycles. The largest absolute Gasteiger partial charge is 0.393 e. The summed E-state index contributed by atoms with van der Waals surface area (Å²) < 4.78 is 0. The smallest absolute Gasteiger partial charge is 0.0543 e. The summed E-state index contributed by atoms with van der Waals surface area (Å²) in [5, 5.41) is 10.3. The highest BCUT2D eigenvalue weighted by atomic mass is 16.3. The molecule has 0 amide bonds. The molecule has 0 radical (unpaired) electrons. The van der Waals surface area contributed by atoms with Gasteiger partial charge in [-0.1, -0.05) is 53.9 Å². The Morgan fingerprint density at radius 1 is 0.821 bits per heavy atom. The van der Waals surface area contributed by atoms with E-state index in [1.165, 1.54) is 64.2 Å². The fraction of sp³-hybridized carbons (Fsp3) is 1.00. The van der Waals surface area contributed by atoms with E-state index in [1.807, 2.05) is 0 Å². The second-order valence-corrected chi connectivity index (χ2v) is 12.6. The SMILES string of the molecule is CC(C)CCC[C@H](C)[C@H]1CCC2C3CCC4C[C@H](O)CC[C@]4(C)C3CC[C@@]21C. The van der Waals surface area contributed by atoms with Crippen LogP contribution in [0.4, 0.5) is 0 Å². The van der Waals surface area contributed by atoms with Crippen molar-refractivity contribution in [1.82, 2.24) is 0 Å². The number of rotatable bonds is 5. The van der Waals surface area contributed by atoms with Crippen molar-refractivity contribution in [3.8, 4) is 0 Å². The fourth-order valence-corrected chi connectivity index (χ4v) is 9.26. The van der Waals surface area contributed by atoms with Gasteiger partial charge < -0.3 is 5.11 Å². The van der Waals surface area contributed by atoms with Crippen molar-refractivity contribution in [2.45, 2.75) is 118 Å². The summed E-state index contributed by atoms with van der Waals surface area (Å²) in [6.07, 6.45) is 16.6. The monoisotopic (exact) mass is 388 g/mol. The molecule has 0 aliphatic heterocycles. The first-order valence-corrected chi connectivity index (χ1v) is 12.9. The molecule has 1 heteroatoms. The zero-order chi connectivity index (χ0) is 20.1. The minimum Gasteiger partial charge on any atom is -0.393 e. The van der Waals surface area contributed by atoms with Gasteiger partial charge in [-0.15, -0.1) is 0 Å². The van der Waals surface area contributed by atoms with Crippen LogP contribution in [0.3, 0.4) is 0 Å². The number of hydrogen-bond acceptors (Lipinski definition) is 1. The van der Waals surface area contributed by atoms with E-state index in [0.29, 0.717) is 10.8 Å². The molecule has 9 atom stereocenters. The highest BCUT2D eigenvalue weighted by Gasteiger charge is 2.60. The Balaban J connectivity index is 1.46. The highest BCUT2D eigenvalue weighted by Crippen LogP contribution is 2.68. The van der Waals surface area contributed by atoms with Crippen LogP contribution in [0.2, 0.25) is 0 Å². The zero-order valence-corrected chi connectivity index (χ0v) is 19.6. The summed E-state index contributed by atoms with van der Waals surface area (Å²) in [5.74, 6) is 6.49. The molecule has 0 spiro atoms. The van der Waals surface area contributed by atoms with Gasteiger partial charge in [0.25, 0.3) is 0 Å². The van der Waals surface area contributed by atoms with Crippen LogP contribution in [0.1, 0.15) is 112 Å². The van der Waals surface area contributed by atoms with Gasteiger partial charge in [0.05, 0.1) is 6.10 Å². The molecule has 4 saturated carbocycles. The maximum absolute atomic E-state index is 10.3. The van der Waals surface area contributed by atoms with Gasteiger partial charge in [0.1, 0.15) is 0 Å². The Kier molecular flexibility index (Phi) is 5.98. The third kappa shape index (κ3) is 3.50. The van der Waals surface area contributed by atoms with E-state index >= 15 is 0 Å². The zero-order valence-electron chi connectivity index (χ0n) is 19.6. The number of hydrogen-bond donors (Lipinski definition) is 1. The van der Waals surface area contributed by atoms with Crippen LogP contribution in [-0.2, 0) is 0 Å². The molecular formula is C27H48O. The van der Waals surface area contributed by atoms with Crippen LogP contribution in [0.25, 0.3) is 0 Å². The summed E-state index contributed by atoms with van der Waals surface area (Å²) >= 11 is 0. The Hall–Kier alpha value is -0.0400. The predicted molar refractivity (Wildman–Crippen MR) is 119 cm³/mol. The molecule has 1 nitrogen and oxygen atoms in total. The van der Waals surface area contributed by atoms with Crippen LogP contribution in [0.15, 0.2) is 0 Å². The molecular weight excluding hydrogens is 340 g/mol. The molecule has 0 saturated heterocycles. The van der Waals surface area contributed by atoms with Gasteiger partial charge in [0, 0.05) is 0 Å². The minimum atomic E-state index is -0.00830. The van der Waals surface area contributed by atoms with Gasteiger partial charge in [0.15, 0.2) is 0 Å². The van der Waals surface area contributed by atoms with E-state index in [2.05, 4.69) is 34.6 Å². The molecule has 4 aliphatic carbocycles. The quantitative estimate of drug-likeness (QED) is 0.518. The second-order valence-electron chi connectivity index (χ2n) is 12.6. The van der Waals surface area contributed by atoms with Gasteiger partial charge >= 0.3 is 0 Å². The molecule has 0 heterocycles. The average molecular weight is 389 g/mol. The molecule has 28 heavy (non-hydrogen) atoms. The highest BCUT2D eigenvalue weighted by molar-refractivity contribution is 5.09. The van der Waals surface area contributed by atoms with E-state index < -0.39 is 0 Å². The van der Waals surface area contributed by atoms with Crippen LogP contribution < -0.4 is 0 Å². The molecule has 0 aromatic rings.